The number of anilines is 1. The summed E-state index contributed by atoms with van der Waals surface area (Å²) in [6.07, 6.45) is -1.02. The van der Waals surface area contributed by atoms with Crippen LogP contribution in [0.3, 0.4) is 0 Å². The van der Waals surface area contributed by atoms with E-state index in [1.807, 2.05) is 0 Å². The second-order valence-electron chi connectivity index (χ2n) is 3.41. The van der Waals surface area contributed by atoms with Crippen LogP contribution in [0.25, 0.3) is 0 Å². The summed E-state index contributed by atoms with van der Waals surface area (Å²) in [4.78, 5) is 0. The summed E-state index contributed by atoms with van der Waals surface area (Å²) in [5.41, 5.74) is 6.66. The molecule has 1 aromatic carbocycles. The first-order valence-electron chi connectivity index (χ1n) is 4.77. The lowest BCUT2D eigenvalue weighted by Gasteiger charge is -2.17. The second kappa shape index (κ2) is 5.33. The zero-order valence-electron chi connectivity index (χ0n) is 8.80. The number of alkyl halides is 1. The molecule has 1 aromatic rings. The van der Waals surface area contributed by atoms with Crippen molar-refractivity contribution in [2.75, 3.05) is 11.5 Å². The predicted octanol–water partition coefficient (Wildman–Crippen LogP) is 1.50. The topological polar surface area (TPSA) is 80.4 Å². The Morgan fingerprint density at radius 3 is 2.31 bits per heavy atom. The molecule has 1 rings (SSSR count). The molecular weight excluding hydrogens is 341 g/mol. The van der Waals surface area contributed by atoms with E-state index in [2.05, 4.69) is 0 Å². The molecule has 3 N–H and O–H groups in total. The van der Waals surface area contributed by atoms with Crippen LogP contribution < -0.4 is 5.73 Å². The molecule has 0 aliphatic carbocycles. The van der Waals surface area contributed by atoms with E-state index in [1.165, 1.54) is 0 Å². The monoisotopic (exact) mass is 355 g/mol. The van der Waals surface area contributed by atoms with Gasteiger partial charge < -0.3 is 10.8 Å². The third kappa shape index (κ3) is 3.08. The van der Waals surface area contributed by atoms with E-state index < -0.39 is 19.2 Å². The van der Waals surface area contributed by atoms with Crippen molar-refractivity contribution in [1.29, 1.82) is 0 Å². The molecule has 0 bridgehead atoms. The molecule has 0 aromatic heterocycles. The predicted molar refractivity (Wildman–Crippen MR) is 73.1 cm³/mol. The standard InChI is InChI=1S/C10H14INO3S/c1-2-16(14,15)10(11)9(13)7-3-5-8(12)6-4-7/h3-6,9-10,13H,2,12H2,1H3. The van der Waals surface area contributed by atoms with Crippen LogP contribution in [0.4, 0.5) is 5.69 Å². The van der Waals surface area contributed by atoms with Crippen molar-refractivity contribution < 1.29 is 13.5 Å². The highest BCUT2D eigenvalue weighted by molar-refractivity contribution is 14.1. The first-order chi connectivity index (χ1) is 7.38. The zero-order valence-corrected chi connectivity index (χ0v) is 11.8. The number of nitrogen functional groups attached to an aromatic ring is 1. The van der Waals surface area contributed by atoms with Crippen LogP contribution >= 0.6 is 22.6 Å². The van der Waals surface area contributed by atoms with Gasteiger partial charge in [0.1, 0.15) is 9.36 Å². The van der Waals surface area contributed by atoms with E-state index in [9.17, 15) is 13.5 Å². The summed E-state index contributed by atoms with van der Waals surface area (Å²) in [6.45, 7) is 1.57. The SMILES string of the molecule is CCS(=O)(=O)C(I)C(O)c1ccc(N)cc1. The van der Waals surface area contributed by atoms with Crippen molar-refractivity contribution in [3.8, 4) is 0 Å². The van der Waals surface area contributed by atoms with Gasteiger partial charge in [-0.05, 0) is 17.7 Å². The third-order valence-corrected chi connectivity index (χ3v) is 7.03. The molecule has 4 nitrogen and oxygen atoms in total. The summed E-state index contributed by atoms with van der Waals surface area (Å²) in [5.74, 6) is 0.0205. The summed E-state index contributed by atoms with van der Waals surface area (Å²) in [6, 6.07) is 6.55. The Bertz CT molecular complexity index is 444. The highest BCUT2D eigenvalue weighted by Gasteiger charge is 2.29. The van der Waals surface area contributed by atoms with Gasteiger partial charge in [0.2, 0.25) is 0 Å². The van der Waals surface area contributed by atoms with Crippen molar-refractivity contribution in [3.63, 3.8) is 0 Å². The van der Waals surface area contributed by atoms with Gasteiger partial charge in [0.15, 0.2) is 9.84 Å². The number of hydrogen-bond acceptors (Lipinski definition) is 4. The molecule has 2 unspecified atom stereocenters. The van der Waals surface area contributed by atoms with Gasteiger partial charge in [0, 0.05) is 11.4 Å². The van der Waals surface area contributed by atoms with Crippen LogP contribution in [0, 0.1) is 0 Å². The molecule has 0 fully saturated rings. The summed E-state index contributed by atoms with van der Waals surface area (Å²) >= 11 is 1.75. The molecule has 0 radical (unpaired) electrons. The highest BCUT2D eigenvalue weighted by atomic mass is 127. The van der Waals surface area contributed by atoms with Gasteiger partial charge in [-0.3, -0.25) is 0 Å². The molecule has 2 atom stereocenters. The minimum Gasteiger partial charge on any atom is -0.399 e. The van der Waals surface area contributed by atoms with E-state index in [4.69, 9.17) is 5.73 Å². The Labute approximate surface area is 109 Å². The van der Waals surface area contributed by atoms with Gasteiger partial charge in [-0.25, -0.2) is 8.42 Å². The quantitative estimate of drug-likeness (QED) is 0.487. The molecule has 6 heteroatoms. The van der Waals surface area contributed by atoms with Crippen molar-refractivity contribution in [2.24, 2.45) is 0 Å². The maximum atomic E-state index is 11.6. The Balaban J connectivity index is 2.94. The minimum absolute atomic E-state index is 0.0205. The van der Waals surface area contributed by atoms with E-state index in [-0.39, 0.29) is 5.75 Å². The van der Waals surface area contributed by atoms with Gasteiger partial charge in [-0.1, -0.05) is 41.6 Å². The number of nitrogens with two attached hydrogens (primary N) is 1. The van der Waals surface area contributed by atoms with Crippen LogP contribution in [0.15, 0.2) is 24.3 Å². The maximum Gasteiger partial charge on any atom is 0.164 e. The number of rotatable bonds is 4. The Morgan fingerprint density at radius 2 is 1.88 bits per heavy atom. The smallest absolute Gasteiger partial charge is 0.164 e. The lowest BCUT2D eigenvalue weighted by atomic mass is 10.1. The van der Waals surface area contributed by atoms with Crippen LogP contribution in [-0.2, 0) is 9.84 Å². The number of benzene rings is 1. The Hall–Kier alpha value is -0.340. The normalized spacial score (nSPS) is 15.7. The Kier molecular flexibility index (Phi) is 4.57. The fourth-order valence-corrected chi connectivity index (χ4v) is 3.56. The minimum atomic E-state index is -3.25. The second-order valence-corrected chi connectivity index (χ2v) is 8.01. The fourth-order valence-electron chi connectivity index (χ4n) is 1.20. The van der Waals surface area contributed by atoms with E-state index in [0.717, 1.165) is 0 Å². The maximum absolute atomic E-state index is 11.6. The highest BCUT2D eigenvalue weighted by Crippen LogP contribution is 2.28. The molecule has 16 heavy (non-hydrogen) atoms. The van der Waals surface area contributed by atoms with Gasteiger partial charge in [-0.15, -0.1) is 0 Å². The molecule has 0 saturated carbocycles. The molecular formula is C10H14INO3S. The van der Waals surface area contributed by atoms with Crippen molar-refractivity contribution in [1.82, 2.24) is 0 Å². The molecule has 90 valence electrons. The first-order valence-corrected chi connectivity index (χ1v) is 7.73. The molecule has 0 aliphatic rings. The fraction of sp³-hybridized carbons (Fsp3) is 0.400. The van der Waals surface area contributed by atoms with E-state index in [1.54, 1.807) is 53.8 Å². The van der Waals surface area contributed by atoms with Crippen molar-refractivity contribution in [3.05, 3.63) is 29.8 Å². The summed E-state index contributed by atoms with van der Waals surface area (Å²) < 4.78 is 22.3. The lowest BCUT2D eigenvalue weighted by molar-refractivity contribution is 0.197. The van der Waals surface area contributed by atoms with Crippen LogP contribution in [0.2, 0.25) is 0 Å². The lowest BCUT2D eigenvalue weighted by Crippen LogP contribution is -2.24. The number of sulfone groups is 1. The summed E-state index contributed by atoms with van der Waals surface area (Å²) in [7, 11) is -3.25. The van der Waals surface area contributed by atoms with Gasteiger partial charge in [-0.2, -0.15) is 0 Å². The molecule has 0 aliphatic heterocycles. The van der Waals surface area contributed by atoms with Gasteiger partial charge in [0.05, 0.1) is 0 Å². The van der Waals surface area contributed by atoms with Crippen molar-refractivity contribution >= 4 is 38.1 Å². The first kappa shape index (κ1) is 13.7. The van der Waals surface area contributed by atoms with Crippen LogP contribution in [-0.4, -0.2) is 22.5 Å². The van der Waals surface area contributed by atoms with E-state index >= 15 is 0 Å². The van der Waals surface area contributed by atoms with Crippen LogP contribution in [0.5, 0.6) is 0 Å². The molecule has 0 spiro atoms. The van der Waals surface area contributed by atoms with Gasteiger partial charge in [0.25, 0.3) is 0 Å². The van der Waals surface area contributed by atoms with E-state index in [0.29, 0.717) is 11.3 Å². The molecule has 0 amide bonds. The third-order valence-electron chi connectivity index (χ3n) is 2.27. The molecule has 0 heterocycles. The Morgan fingerprint density at radius 1 is 1.38 bits per heavy atom. The van der Waals surface area contributed by atoms with Gasteiger partial charge >= 0.3 is 0 Å². The average molecular weight is 355 g/mol. The number of halogens is 1. The van der Waals surface area contributed by atoms with Crippen molar-refractivity contribution in [2.45, 2.75) is 16.3 Å². The zero-order chi connectivity index (χ0) is 12.3. The largest absolute Gasteiger partial charge is 0.399 e. The summed E-state index contributed by atoms with van der Waals surface area (Å²) in [5, 5.41) is 9.92. The number of hydrogen-bond donors (Lipinski definition) is 2. The van der Waals surface area contributed by atoms with Crippen LogP contribution in [0.1, 0.15) is 18.6 Å². The average Bonchev–Trinajstić information content (AvgIpc) is 2.28. The molecule has 0 saturated heterocycles. The number of aliphatic hydroxyl groups excluding tert-OH is 1. The number of aliphatic hydroxyl groups is 1.